The second-order valence-electron chi connectivity index (χ2n) is 4.49. The highest BCUT2D eigenvalue weighted by molar-refractivity contribution is 6.31. The third-order valence-electron chi connectivity index (χ3n) is 3.08. The van der Waals surface area contributed by atoms with Crippen molar-refractivity contribution >= 4 is 23.4 Å². The number of nitrogens with two attached hydrogens (primary N) is 1. The van der Waals surface area contributed by atoms with E-state index in [-0.39, 0.29) is 12.9 Å². The Morgan fingerprint density at radius 3 is 2.79 bits per heavy atom. The number of nitrogen functional groups attached to an aromatic ring is 1. The van der Waals surface area contributed by atoms with E-state index in [4.69, 9.17) is 26.8 Å². The Morgan fingerprint density at radius 2 is 2.11 bits per heavy atom. The molecular weight excluding hydrogens is 268 g/mol. The number of amides is 1. The van der Waals surface area contributed by atoms with Crippen molar-refractivity contribution in [1.29, 1.82) is 0 Å². The maximum absolute atomic E-state index is 11.6. The van der Waals surface area contributed by atoms with Crippen molar-refractivity contribution < 1.29 is 14.3 Å². The number of nitrogens with zero attached hydrogens (tertiary/aromatic N) is 1. The van der Waals surface area contributed by atoms with E-state index < -0.39 is 0 Å². The molecule has 0 bridgehead atoms. The van der Waals surface area contributed by atoms with E-state index in [1.807, 2.05) is 6.92 Å². The third kappa shape index (κ3) is 3.44. The normalized spacial score (nSPS) is 14.5. The summed E-state index contributed by atoms with van der Waals surface area (Å²) in [4.78, 5) is 13.3. The Balaban J connectivity index is 1.87. The highest BCUT2D eigenvalue weighted by atomic mass is 35.5. The zero-order chi connectivity index (χ0) is 13.8. The summed E-state index contributed by atoms with van der Waals surface area (Å²) in [5.41, 5.74) is 6.96. The lowest BCUT2D eigenvalue weighted by molar-refractivity contribution is 0.0388. The van der Waals surface area contributed by atoms with Gasteiger partial charge in [-0.15, -0.1) is 0 Å². The van der Waals surface area contributed by atoms with Crippen LogP contribution >= 0.6 is 11.6 Å². The topological polar surface area (TPSA) is 64.8 Å². The van der Waals surface area contributed by atoms with Crippen LogP contribution in [-0.4, -0.2) is 30.9 Å². The van der Waals surface area contributed by atoms with Gasteiger partial charge in [-0.1, -0.05) is 11.6 Å². The molecule has 1 saturated heterocycles. The molecule has 0 atom stereocenters. The van der Waals surface area contributed by atoms with Gasteiger partial charge in [0.2, 0.25) is 6.79 Å². The van der Waals surface area contributed by atoms with Crippen LogP contribution in [-0.2, 0) is 4.74 Å². The van der Waals surface area contributed by atoms with Crippen LogP contribution in [0.1, 0.15) is 18.4 Å². The van der Waals surface area contributed by atoms with E-state index in [0.717, 1.165) is 31.5 Å². The SMILES string of the molecule is Cc1c(Cl)cc(N)cc1OCOC(=O)N1CCCC1. The Labute approximate surface area is 117 Å². The Kier molecular flexibility index (Phi) is 4.37. The van der Waals surface area contributed by atoms with Gasteiger partial charge in [-0.2, -0.15) is 0 Å². The summed E-state index contributed by atoms with van der Waals surface area (Å²) >= 11 is 5.99. The molecule has 1 aromatic rings. The number of likely N-dealkylation sites (tertiary alicyclic amines) is 1. The summed E-state index contributed by atoms with van der Waals surface area (Å²) in [7, 11) is 0. The molecule has 1 aliphatic heterocycles. The maximum Gasteiger partial charge on any atom is 0.412 e. The minimum atomic E-state index is -0.342. The van der Waals surface area contributed by atoms with Crippen LogP contribution in [0.25, 0.3) is 0 Å². The number of halogens is 1. The smallest absolute Gasteiger partial charge is 0.412 e. The van der Waals surface area contributed by atoms with Gasteiger partial charge in [-0.25, -0.2) is 4.79 Å². The van der Waals surface area contributed by atoms with Crippen molar-refractivity contribution in [1.82, 2.24) is 4.90 Å². The number of carbonyl (C=O) groups is 1. The summed E-state index contributed by atoms with van der Waals surface area (Å²) < 4.78 is 10.4. The molecular formula is C13H17ClN2O3. The fourth-order valence-corrected chi connectivity index (χ4v) is 2.18. The average molecular weight is 285 g/mol. The number of hydrogen-bond acceptors (Lipinski definition) is 4. The fraction of sp³-hybridized carbons (Fsp3) is 0.462. The summed E-state index contributed by atoms with van der Waals surface area (Å²) in [5, 5.41) is 0.529. The van der Waals surface area contributed by atoms with Crippen LogP contribution < -0.4 is 10.5 Å². The molecule has 1 fully saturated rings. The van der Waals surface area contributed by atoms with Crippen molar-refractivity contribution in [2.75, 3.05) is 25.6 Å². The Hall–Kier alpha value is -1.62. The zero-order valence-electron chi connectivity index (χ0n) is 10.8. The van der Waals surface area contributed by atoms with Gasteiger partial charge in [-0.05, 0) is 25.8 Å². The Bertz CT molecular complexity index is 473. The van der Waals surface area contributed by atoms with Crippen LogP contribution in [0.4, 0.5) is 10.5 Å². The molecule has 0 saturated carbocycles. The molecule has 0 radical (unpaired) electrons. The van der Waals surface area contributed by atoms with Crippen LogP contribution in [0.15, 0.2) is 12.1 Å². The van der Waals surface area contributed by atoms with Crippen molar-refractivity contribution in [3.8, 4) is 5.75 Å². The van der Waals surface area contributed by atoms with Gasteiger partial charge in [-0.3, -0.25) is 0 Å². The maximum atomic E-state index is 11.6. The molecule has 1 heterocycles. The molecule has 1 aliphatic rings. The van der Waals surface area contributed by atoms with Crippen LogP contribution in [0.5, 0.6) is 5.75 Å². The van der Waals surface area contributed by atoms with Gasteiger partial charge in [0.15, 0.2) is 0 Å². The molecule has 19 heavy (non-hydrogen) atoms. The molecule has 1 aromatic carbocycles. The molecule has 0 unspecified atom stereocenters. The third-order valence-corrected chi connectivity index (χ3v) is 3.47. The first-order valence-corrected chi connectivity index (χ1v) is 6.56. The molecule has 2 N–H and O–H groups in total. The number of anilines is 1. The van der Waals surface area contributed by atoms with Gasteiger partial charge in [0.05, 0.1) is 0 Å². The van der Waals surface area contributed by atoms with Crippen molar-refractivity contribution in [3.05, 3.63) is 22.7 Å². The largest absolute Gasteiger partial charge is 0.457 e. The molecule has 5 nitrogen and oxygen atoms in total. The lowest BCUT2D eigenvalue weighted by Gasteiger charge is -2.16. The van der Waals surface area contributed by atoms with Gasteiger partial charge in [0.25, 0.3) is 0 Å². The summed E-state index contributed by atoms with van der Waals surface area (Å²) in [6.45, 7) is 3.18. The minimum absolute atomic E-state index is 0.143. The minimum Gasteiger partial charge on any atom is -0.457 e. The van der Waals surface area contributed by atoms with E-state index in [1.165, 1.54) is 0 Å². The number of ether oxygens (including phenoxy) is 2. The molecule has 104 valence electrons. The van der Waals surface area contributed by atoms with E-state index >= 15 is 0 Å². The predicted octanol–water partition coefficient (Wildman–Crippen LogP) is 2.80. The van der Waals surface area contributed by atoms with Crippen molar-refractivity contribution in [2.45, 2.75) is 19.8 Å². The van der Waals surface area contributed by atoms with Crippen LogP contribution in [0, 0.1) is 6.92 Å². The highest BCUT2D eigenvalue weighted by Crippen LogP contribution is 2.28. The Morgan fingerprint density at radius 1 is 1.42 bits per heavy atom. The van der Waals surface area contributed by atoms with Gasteiger partial charge < -0.3 is 20.1 Å². The number of carbonyl (C=O) groups excluding carboxylic acids is 1. The molecule has 2 rings (SSSR count). The first kappa shape index (κ1) is 13.8. The average Bonchev–Trinajstić information content (AvgIpc) is 2.88. The van der Waals surface area contributed by atoms with Gasteiger partial charge in [0.1, 0.15) is 5.75 Å². The second-order valence-corrected chi connectivity index (χ2v) is 4.90. The summed E-state index contributed by atoms with van der Waals surface area (Å²) in [5.74, 6) is 0.527. The molecule has 6 heteroatoms. The van der Waals surface area contributed by atoms with Crippen molar-refractivity contribution in [3.63, 3.8) is 0 Å². The summed E-state index contributed by atoms with van der Waals surface area (Å²) in [6, 6.07) is 3.31. The second kappa shape index (κ2) is 6.02. The van der Waals surface area contributed by atoms with Gasteiger partial charge >= 0.3 is 6.09 Å². The molecule has 0 spiro atoms. The van der Waals surface area contributed by atoms with Gasteiger partial charge in [0, 0.05) is 35.4 Å². The molecule has 0 aromatic heterocycles. The monoisotopic (exact) mass is 284 g/mol. The van der Waals surface area contributed by atoms with E-state index in [2.05, 4.69) is 0 Å². The van der Waals surface area contributed by atoms with E-state index in [0.29, 0.717) is 16.5 Å². The number of benzene rings is 1. The fourth-order valence-electron chi connectivity index (χ4n) is 1.96. The quantitative estimate of drug-likeness (QED) is 0.685. The predicted molar refractivity (Wildman–Crippen MR) is 73.4 cm³/mol. The van der Waals surface area contributed by atoms with Crippen molar-refractivity contribution in [2.24, 2.45) is 0 Å². The lowest BCUT2D eigenvalue weighted by Crippen LogP contribution is -2.29. The first-order valence-electron chi connectivity index (χ1n) is 6.18. The highest BCUT2D eigenvalue weighted by Gasteiger charge is 2.19. The van der Waals surface area contributed by atoms with E-state index in [9.17, 15) is 4.79 Å². The standard InChI is InChI=1S/C13H17ClN2O3/c1-9-11(14)6-10(15)7-12(9)18-8-19-13(17)16-4-2-3-5-16/h6-7H,2-5,8,15H2,1H3. The van der Waals surface area contributed by atoms with E-state index in [1.54, 1.807) is 17.0 Å². The number of hydrogen-bond donors (Lipinski definition) is 1. The van der Waals surface area contributed by atoms with Crippen LogP contribution in [0.3, 0.4) is 0 Å². The first-order chi connectivity index (χ1) is 9.08. The zero-order valence-corrected chi connectivity index (χ0v) is 11.6. The number of rotatable bonds is 3. The molecule has 1 amide bonds. The summed E-state index contributed by atoms with van der Waals surface area (Å²) in [6.07, 6.45) is 1.71. The lowest BCUT2D eigenvalue weighted by atomic mass is 10.2. The van der Waals surface area contributed by atoms with Crippen LogP contribution in [0.2, 0.25) is 5.02 Å². The molecule has 0 aliphatic carbocycles.